The van der Waals surface area contributed by atoms with Gasteiger partial charge in [-0.1, -0.05) is 6.08 Å². The molecule has 0 saturated carbocycles. The van der Waals surface area contributed by atoms with E-state index in [0.29, 0.717) is 24.0 Å². The summed E-state index contributed by atoms with van der Waals surface area (Å²) in [6.45, 7) is 5.82. The Morgan fingerprint density at radius 2 is 2.38 bits per heavy atom. The molecule has 0 amide bonds. The van der Waals surface area contributed by atoms with Gasteiger partial charge in [-0.15, -0.1) is 6.58 Å². The maximum atomic E-state index is 9.17. The predicted octanol–water partition coefficient (Wildman–Crippen LogP) is 0.604. The Bertz CT molecular complexity index is 507. The Labute approximate surface area is 92.7 Å². The molecule has 6 nitrogen and oxygen atoms in total. The summed E-state index contributed by atoms with van der Waals surface area (Å²) < 4.78 is 0. The van der Waals surface area contributed by atoms with Crippen molar-refractivity contribution >= 4 is 17.1 Å². The van der Waals surface area contributed by atoms with Crippen molar-refractivity contribution in [2.75, 3.05) is 18.2 Å². The average molecular weight is 219 g/mol. The SMILES string of the molecule is C=CCN(CO)c1nc2nc(C)ncc2[nH]1. The highest BCUT2D eigenvalue weighted by Gasteiger charge is 2.10. The molecule has 0 aromatic carbocycles. The number of nitrogens with one attached hydrogen (secondary N) is 1. The van der Waals surface area contributed by atoms with E-state index < -0.39 is 0 Å². The molecule has 0 bridgehead atoms. The molecule has 2 N–H and O–H groups in total. The molecule has 0 radical (unpaired) electrons. The fraction of sp³-hybridized carbons (Fsp3) is 0.300. The zero-order valence-electron chi connectivity index (χ0n) is 9.01. The summed E-state index contributed by atoms with van der Waals surface area (Å²) in [6.07, 6.45) is 3.37. The number of hydrogen-bond donors (Lipinski definition) is 2. The zero-order chi connectivity index (χ0) is 11.5. The van der Waals surface area contributed by atoms with Crippen LogP contribution in [0, 0.1) is 6.92 Å². The molecule has 0 fully saturated rings. The fourth-order valence-corrected chi connectivity index (χ4v) is 1.40. The number of hydrogen-bond acceptors (Lipinski definition) is 5. The highest BCUT2D eigenvalue weighted by molar-refractivity contribution is 5.72. The quantitative estimate of drug-likeness (QED) is 0.581. The van der Waals surface area contributed by atoms with Crippen LogP contribution in [-0.4, -0.2) is 38.3 Å². The molecule has 0 unspecified atom stereocenters. The lowest BCUT2D eigenvalue weighted by Gasteiger charge is -2.15. The van der Waals surface area contributed by atoms with Crippen molar-refractivity contribution in [1.29, 1.82) is 0 Å². The van der Waals surface area contributed by atoms with Gasteiger partial charge in [-0.2, -0.15) is 4.98 Å². The second kappa shape index (κ2) is 4.28. The van der Waals surface area contributed by atoms with Crippen LogP contribution in [0.2, 0.25) is 0 Å². The highest BCUT2D eigenvalue weighted by atomic mass is 16.3. The van der Waals surface area contributed by atoms with Gasteiger partial charge in [0.25, 0.3) is 0 Å². The molecule has 0 spiro atoms. The van der Waals surface area contributed by atoms with E-state index in [1.165, 1.54) is 0 Å². The van der Waals surface area contributed by atoms with Gasteiger partial charge < -0.3 is 15.0 Å². The first-order valence-electron chi connectivity index (χ1n) is 4.90. The van der Waals surface area contributed by atoms with Crippen molar-refractivity contribution in [3.8, 4) is 0 Å². The van der Waals surface area contributed by atoms with Crippen LogP contribution < -0.4 is 4.90 Å². The van der Waals surface area contributed by atoms with Gasteiger partial charge in [0.2, 0.25) is 5.95 Å². The molecule has 84 valence electrons. The zero-order valence-corrected chi connectivity index (χ0v) is 9.01. The summed E-state index contributed by atoms with van der Waals surface area (Å²) in [4.78, 5) is 17.2. The number of aryl methyl sites for hydroxylation is 1. The van der Waals surface area contributed by atoms with Crippen LogP contribution in [0.25, 0.3) is 11.2 Å². The Kier molecular flexibility index (Phi) is 2.82. The molecule has 0 atom stereocenters. The monoisotopic (exact) mass is 219 g/mol. The standard InChI is InChI=1S/C10H13N5O/c1-3-4-15(6-16)10-13-8-5-11-7(2)12-9(8)14-10/h3,5,16H,1,4,6H2,2H3,(H,11,12,13,14). The predicted molar refractivity (Wildman–Crippen MR) is 61.0 cm³/mol. The molecular weight excluding hydrogens is 206 g/mol. The van der Waals surface area contributed by atoms with E-state index >= 15 is 0 Å². The number of rotatable bonds is 4. The van der Waals surface area contributed by atoms with Crippen molar-refractivity contribution in [3.05, 3.63) is 24.7 Å². The lowest BCUT2D eigenvalue weighted by atomic mass is 10.5. The van der Waals surface area contributed by atoms with Crippen LogP contribution in [0.4, 0.5) is 5.95 Å². The third-order valence-corrected chi connectivity index (χ3v) is 2.17. The van der Waals surface area contributed by atoms with E-state index in [4.69, 9.17) is 0 Å². The Morgan fingerprint density at radius 1 is 1.56 bits per heavy atom. The van der Waals surface area contributed by atoms with Crippen LogP contribution in [0.15, 0.2) is 18.9 Å². The molecule has 2 aromatic heterocycles. The molecule has 16 heavy (non-hydrogen) atoms. The van der Waals surface area contributed by atoms with Crippen molar-refractivity contribution in [1.82, 2.24) is 19.9 Å². The first-order chi connectivity index (χ1) is 7.74. The minimum atomic E-state index is -0.127. The van der Waals surface area contributed by atoms with Gasteiger partial charge in [0, 0.05) is 6.54 Å². The van der Waals surface area contributed by atoms with Crippen molar-refractivity contribution in [2.45, 2.75) is 6.92 Å². The second-order valence-electron chi connectivity index (χ2n) is 3.37. The van der Waals surface area contributed by atoms with Gasteiger partial charge in [0.15, 0.2) is 5.65 Å². The summed E-state index contributed by atoms with van der Waals surface area (Å²) in [5.41, 5.74) is 1.35. The van der Waals surface area contributed by atoms with Gasteiger partial charge >= 0.3 is 0 Å². The van der Waals surface area contributed by atoms with Gasteiger partial charge in [0.1, 0.15) is 18.1 Å². The number of H-pyrrole nitrogens is 1. The van der Waals surface area contributed by atoms with E-state index in [1.807, 2.05) is 0 Å². The Balaban J connectivity index is 2.41. The van der Waals surface area contributed by atoms with Gasteiger partial charge in [-0.25, -0.2) is 9.97 Å². The maximum absolute atomic E-state index is 9.17. The first-order valence-corrected chi connectivity index (χ1v) is 4.90. The molecule has 0 saturated heterocycles. The van der Waals surface area contributed by atoms with E-state index in [9.17, 15) is 5.11 Å². The van der Waals surface area contributed by atoms with Gasteiger partial charge in [0.05, 0.1) is 6.20 Å². The molecule has 2 aromatic rings. The first kappa shape index (κ1) is 10.6. The number of anilines is 1. The summed E-state index contributed by atoms with van der Waals surface area (Å²) in [5, 5.41) is 9.17. The molecular formula is C10H13N5O. The molecule has 0 aliphatic rings. The minimum Gasteiger partial charge on any atom is -0.376 e. The maximum Gasteiger partial charge on any atom is 0.207 e. The summed E-state index contributed by atoms with van der Waals surface area (Å²) in [7, 11) is 0. The third kappa shape index (κ3) is 1.87. The molecule has 2 heterocycles. The Hall–Kier alpha value is -1.95. The van der Waals surface area contributed by atoms with Crippen LogP contribution in [0.5, 0.6) is 0 Å². The van der Waals surface area contributed by atoms with Crippen molar-refractivity contribution in [2.24, 2.45) is 0 Å². The summed E-state index contributed by atoms with van der Waals surface area (Å²) in [5.74, 6) is 1.24. The topological polar surface area (TPSA) is 77.9 Å². The van der Waals surface area contributed by atoms with Crippen LogP contribution in [0.3, 0.4) is 0 Å². The number of imidazole rings is 1. The number of aromatic amines is 1. The summed E-state index contributed by atoms with van der Waals surface area (Å²) in [6, 6.07) is 0. The number of nitrogens with zero attached hydrogens (tertiary/aromatic N) is 4. The average Bonchev–Trinajstić information content (AvgIpc) is 2.68. The number of aliphatic hydroxyl groups excluding tert-OH is 1. The molecule has 2 rings (SSSR count). The highest BCUT2D eigenvalue weighted by Crippen LogP contribution is 2.14. The smallest absolute Gasteiger partial charge is 0.207 e. The third-order valence-electron chi connectivity index (χ3n) is 2.17. The fourth-order valence-electron chi connectivity index (χ4n) is 1.40. The van der Waals surface area contributed by atoms with E-state index in [-0.39, 0.29) is 6.73 Å². The number of aliphatic hydroxyl groups is 1. The van der Waals surface area contributed by atoms with Gasteiger partial charge in [-0.3, -0.25) is 0 Å². The summed E-state index contributed by atoms with van der Waals surface area (Å²) >= 11 is 0. The van der Waals surface area contributed by atoms with E-state index in [1.54, 1.807) is 24.1 Å². The van der Waals surface area contributed by atoms with Gasteiger partial charge in [-0.05, 0) is 6.92 Å². The number of aromatic nitrogens is 4. The molecule has 0 aliphatic carbocycles. The lowest BCUT2D eigenvalue weighted by molar-refractivity contribution is 0.293. The van der Waals surface area contributed by atoms with E-state index in [2.05, 4.69) is 26.5 Å². The molecule has 6 heteroatoms. The largest absolute Gasteiger partial charge is 0.376 e. The second-order valence-corrected chi connectivity index (χ2v) is 3.37. The number of fused-ring (bicyclic) bond motifs is 1. The van der Waals surface area contributed by atoms with Crippen molar-refractivity contribution in [3.63, 3.8) is 0 Å². The Morgan fingerprint density at radius 3 is 3.06 bits per heavy atom. The van der Waals surface area contributed by atoms with E-state index in [0.717, 1.165) is 5.52 Å². The lowest BCUT2D eigenvalue weighted by Crippen LogP contribution is -2.25. The van der Waals surface area contributed by atoms with Crippen molar-refractivity contribution < 1.29 is 5.11 Å². The van der Waals surface area contributed by atoms with Crippen LogP contribution in [0.1, 0.15) is 5.82 Å². The van der Waals surface area contributed by atoms with Crippen LogP contribution in [-0.2, 0) is 0 Å². The molecule has 0 aliphatic heterocycles. The minimum absolute atomic E-state index is 0.127. The normalized spacial score (nSPS) is 10.6. The van der Waals surface area contributed by atoms with Crippen LogP contribution >= 0.6 is 0 Å².